The first-order valence-electron chi connectivity index (χ1n) is 9.40. The van der Waals surface area contributed by atoms with Gasteiger partial charge in [-0.3, -0.25) is 4.79 Å². The predicted molar refractivity (Wildman–Crippen MR) is 102 cm³/mol. The van der Waals surface area contributed by atoms with E-state index in [1.54, 1.807) is 0 Å². The summed E-state index contributed by atoms with van der Waals surface area (Å²) in [6.07, 6.45) is 11.7. The average Bonchev–Trinajstić information content (AvgIpc) is 2.83. The second-order valence-electron chi connectivity index (χ2n) is 7.32. The fraction of sp³-hybridized carbons (Fsp3) is 0.545. The summed E-state index contributed by atoms with van der Waals surface area (Å²) >= 11 is 0. The Morgan fingerprint density at radius 3 is 2.65 bits per heavy atom. The van der Waals surface area contributed by atoms with Gasteiger partial charge in [-0.05, 0) is 64.0 Å². The third kappa shape index (κ3) is 6.01. The molecule has 1 aliphatic heterocycles. The largest absolute Gasteiger partial charge is 0.461 e. The van der Waals surface area contributed by atoms with E-state index in [0.29, 0.717) is 12.2 Å². The summed E-state index contributed by atoms with van der Waals surface area (Å²) in [5.74, 6) is -0.445. The number of hydrogen-bond donors (Lipinski definition) is 0. The molecule has 0 radical (unpaired) electrons. The number of ether oxygens (including phenoxy) is 2. The van der Waals surface area contributed by atoms with E-state index in [1.807, 2.05) is 0 Å². The van der Waals surface area contributed by atoms with Crippen molar-refractivity contribution in [3.8, 4) is 0 Å². The van der Waals surface area contributed by atoms with E-state index in [-0.39, 0.29) is 24.0 Å². The zero-order chi connectivity index (χ0) is 19.1. The van der Waals surface area contributed by atoms with Crippen molar-refractivity contribution in [2.45, 2.75) is 65.4 Å². The van der Waals surface area contributed by atoms with Gasteiger partial charge < -0.3 is 9.47 Å². The third-order valence-corrected chi connectivity index (χ3v) is 5.04. The summed E-state index contributed by atoms with van der Waals surface area (Å²) in [6.45, 7) is 9.94. The number of fused-ring (bicyclic) bond motifs is 1. The molecule has 0 bridgehead atoms. The van der Waals surface area contributed by atoms with Gasteiger partial charge >= 0.3 is 11.9 Å². The number of hydrogen-bond acceptors (Lipinski definition) is 4. The molecule has 0 aromatic rings. The number of allylic oxidation sites excluding steroid dienone is 4. The maximum atomic E-state index is 11.9. The quantitative estimate of drug-likeness (QED) is 0.403. The SMILES string of the molecule is C=C1C(=O)O[C@H]2C=C(C)CCC=C(COC(C)=O)CCC=C(C)CC[C@@H]12. The monoisotopic (exact) mass is 358 g/mol. The first-order chi connectivity index (χ1) is 12.4. The van der Waals surface area contributed by atoms with Crippen LogP contribution in [0, 0.1) is 5.92 Å². The van der Waals surface area contributed by atoms with Gasteiger partial charge in [-0.1, -0.05) is 29.9 Å². The molecule has 0 N–H and O–H groups in total. The topological polar surface area (TPSA) is 52.6 Å². The van der Waals surface area contributed by atoms with E-state index < -0.39 is 0 Å². The van der Waals surface area contributed by atoms with Crippen molar-refractivity contribution >= 4 is 11.9 Å². The Morgan fingerprint density at radius 2 is 1.92 bits per heavy atom. The molecule has 1 saturated heterocycles. The maximum Gasteiger partial charge on any atom is 0.334 e. The van der Waals surface area contributed by atoms with E-state index in [2.05, 4.69) is 38.7 Å². The highest BCUT2D eigenvalue weighted by molar-refractivity contribution is 5.91. The highest BCUT2D eigenvalue weighted by Gasteiger charge is 2.36. The Kier molecular flexibility index (Phi) is 7.43. The molecule has 4 nitrogen and oxygen atoms in total. The highest BCUT2D eigenvalue weighted by atomic mass is 16.6. The molecule has 1 aliphatic carbocycles. The van der Waals surface area contributed by atoms with Crippen LogP contribution in [0.3, 0.4) is 0 Å². The van der Waals surface area contributed by atoms with Gasteiger partial charge in [-0.15, -0.1) is 0 Å². The third-order valence-electron chi connectivity index (χ3n) is 5.04. The Balaban J connectivity index is 2.15. The van der Waals surface area contributed by atoms with Crippen LogP contribution < -0.4 is 0 Å². The van der Waals surface area contributed by atoms with E-state index in [0.717, 1.165) is 44.1 Å². The molecular formula is C22H30O4. The van der Waals surface area contributed by atoms with Gasteiger partial charge in [0.2, 0.25) is 0 Å². The van der Waals surface area contributed by atoms with E-state index >= 15 is 0 Å². The molecule has 0 amide bonds. The zero-order valence-electron chi connectivity index (χ0n) is 16.2. The van der Waals surface area contributed by atoms with Crippen LogP contribution >= 0.6 is 0 Å². The minimum absolute atomic E-state index is 0.0683. The molecule has 26 heavy (non-hydrogen) atoms. The molecule has 2 atom stereocenters. The summed E-state index contributed by atoms with van der Waals surface area (Å²) in [4.78, 5) is 23.0. The summed E-state index contributed by atoms with van der Waals surface area (Å²) < 4.78 is 10.7. The molecule has 1 fully saturated rings. The van der Waals surface area contributed by atoms with Crippen molar-refractivity contribution in [3.63, 3.8) is 0 Å². The van der Waals surface area contributed by atoms with Crippen molar-refractivity contribution < 1.29 is 19.1 Å². The van der Waals surface area contributed by atoms with Gasteiger partial charge in [0, 0.05) is 18.4 Å². The molecule has 0 unspecified atom stereocenters. The molecular weight excluding hydrogens is 328 g/mol. The standard InChI is InChI=1S/C22H30O4/c1-15-7-5-9-19(14-25-18(4)23)10-6-8-16(2)13-21-20(12-11-15)17(3)22(24)26-21/h7,10,13,20-21H,3,5-6,8-9,11-12,14H2,1-2,4H3/t20-,21-/m0/s1. The Labute approximate surface area is 156 Å². The van der Waals surface area contributed by atoms with Crippen LogP contribution in [0.5, 0.6) is 0 Å². The fourth-order valence-electron chi connectivity index (χ4n) is 3.40. The van der Waals surface area contributed by atoms with Gasteiger partial charge in [0.05, 0.1) is 0 Å². The maximum absolute atomic E-state index is 11.9. The Hall–Kier alpha value is -2.10. The van der Waals surface area contributed by atoms with E-state index in [1.165, 1.54) is 18.1 Å². The number of carbonyl (C=O) groups excluding carboxylic acids is 2. The zero-order valence-corrected chi connectivity index (χ0v) is 16.2. The Morgan fingerprint density at radius 1 is 1.19 bits per heavy atom. The first-order valence-corrected chi connectivity index (χ1v) is 9.40. The molecule has 4 heteroatoms. The van der Waals surface area contributed by atoms with Crippen molar-refractivity contribution in [2.24, 2.45) is 5.92 Å². The van der Waals surface area contributed by atoms with Gasteiger partial charge in [-0.25, -0.2) is 4.79 Å². The fourth-order valence-corrected chi connectivity index (χ4v) is 3.40. The molecule has 0 spiro atoms. The van der Waals surface area contributed by atoms with E-state index in [9.17, 15) is 9.59 Å². The average molecular weight is 358 g/mol. The number of rotatable bonds is 2. The van der Waals surface area contributed by atoms with Gasteiger partial charge in [0.25, 0.3) is 0 Å². The van der Waals surface area contributed by atoms with Crippen LogP contribution in [0.15, 0.2) is 47.1 Å². The smallest absolute Gasteiger partial charge is 0.334 e. The predicted octanol–water partition coefficient (Wildman–Crippen LogP) is 4.82. The second kappa shape index (κ2) is 9.56. The molecule has 0 aromatic heterocycles. The lowest BCUT2D eigenvalue weighted by Crippen LogP contribution is -2.15. The van der Waals surface area contributed by atoms with Crippen molar-refractivity contribution in [3.05, 3.63) is 47.1 Å². The number of esters is 2. The lowest BCUT2D eigenvalue weighted by molar-refractivity contribution is -0.140. The normalized spacial score (nSPS) is 25.3. The lowest BCUT2D eigenvalue weighted by Gasteiger charge is -2.16. The van der Waals surface area contributed by atoms with Crippen LogP contribution in [0.25, 0.3) is 0 Å². The molecule has 2 aliphatic rings. The van der Waals surface area contributed by atoms with Gasteiger partial charge in [-0.2, -0.15) is 0 Å². The van der Waals surface area contributed by atoms with E-state index in [4.69, 9.17) is 9.47 Å². The van der Waals surface area contributed by atoms with Crippen LogP contribution in [-0.4, -0.2) is 24.6 Å². The highest BCUT2D eigenvalue weighted by Crippen LogP contribution is 2.33. The van der Waals surface area contributed by atoms with Crippen molar-refractivity contribution in [1.82, 2.24) is 0 Å². The first kappa shape index (κ1) is 20.2. The van der Waals surface area contributed by atoms with Crippen molar-refractivity contribution in [1.29, 1.82) is 0 Å². The van der Waals surface area contributed by atoms with Crippen LogP contribution in [0.4, 0.5) is 0 Å². The van der Waals surface area contributed by atoms with Crippen LogP contribution in [0.2, 0.25) is 0 Å². The second-order valence-corrected chi connectivity index (χ2v) is 7.32. The molecule has 142 valence electrons. The van der Waals surface area contributed by atoms with Crippen LogP contribution in [-0.2, 0) is 19.1 Å². The van der Waals surface area contributed by atoms with Gasteiger partial charge in [0.1, 0.15) is 12.7 Å². The van der Waals surface area contributed by atoms with Gasteiger partial charge in [0.15, 0.2) is 0 Å². The lowest BCUT2D eigenvalue weighted by atomic mass is 9.89. The van der Waals surface area contributed by atoms with Crippen LogP contribution in [0.1, 0.15) is 59.3 Å². The summed E-state index contributed by atoms with van der Waals surface area (Å²) in [5, 5.41) is 0. The molecule has 0 aromatic carbocycles. The summed E-state index contributed by atoms with van der Waals surface area (Å²) in [7, 11) is 0. The minimum atomic E-state index is -0.265. The van der Waals surface area contributed by atoms with Crippen molar-refractivity contribution in [2.75, 3.05) is 6.61 Å². The molecule has 0 saturated carbocycles. The Bertz CT molecular complexity index is 651. The summed E-state index contributed by atoms with van der Waals surface area (Å²) in [5.41, 5.74) is 4.27. The molecule has 2 rings (SSSR count). The minimum Gasteiger partial charge on any atom is -0.461 e. The number of carbonyl (C=O) groups is 2. The summed E-state index contributed by atoms with van der Waals surface area (Å²) in [6, 6.07) is 0. The molecule has 1 heterocycles.